The highest BCUT2D eigenvalue weighted by Crippen LogP contribution is 2.47. The van der Waals surface area contributed by atoms with E-state index in [-0.39, 0.29) is 29.5 Å². The number of carbonyl (C=O) groups is 1. The molecule has 1 heterocycles. The lowest BCUT2D eigenvalue weighted by Crippen LogP contribution is -2.38. The van der Waals surface area contributed by atoms with Gasteiger partial charge in [0.1, 0.15) is 23.9 Å². The monoisotopic (exact) mass is 756 g/mol. The summed E-state index contributed by atoms with van der Waals surface area (Å²) >= 11 is 10.5. The Balaban J connectivity index is 1.61. The predicted octanol–water partition coefficient (Wildman–Crippen LogP) is 7.77. The van der Waals surface area contributed by atoms with Crippen LogP contribution in [-0.4, -0.2) is 17.8 Å². The molecule has 42 heavy (non-hydrogen) atoms. The first-order valence-electron chi connectivity index (χ1n) is 12.8. The second kappa shape index (κ2) is 12.3. The molecule has 12 heteroatoms. The fourth-order valence-corrected chi connectivity index (χ4v) is 7.86. The van der Waals surface area contributed by atoms with Crippen LogP contribution in [0.3, 0.4) is 0 Å². The Hall–Kier alpha value is -3.66. The third-order valence-electron chi connectivity index (χ3n) is 7.18. The first-order valence-corrected chi connectivity index (χ1v) is 15.2. The predicted molar refractivity (Wildman–Crippen MR) is 168 cm³/mol. The van der Waals surface area contributed by atoms with E-state index in [1.165, 1.54) is 12.1 Å². The lowest BCUT2D eigenvalue weighted by atomic mass is 9.75. The van der Waals surface area contributed by atoms with Crippen LogP contribution in [0.1, 0.15) is 36.3 Å². The van der Waals surface area contributed by atoms with Crippen LogP contribution in [0.25, 0.3) is 0 Å². The number of benzene rings is 3. The minimum Gasteiger partial charge on any atom is -0.496 e. The van der Waals surface area contributed by atoms with Crippen molar-refractivity contribution >= 4 is 64.9 Å². The average molecular weight is 759 g/mol. The fraction of sp³-hybridized carbons (Fsp3) is 0.200. The Labute approximate surface area is 267 Å². The lowest BCUT2D eigenvalue weighted by molar-refractivity contribution is -0.384. The Kier molecular flexibility index (Phi) is 8.73. The van der Waals surface area contributed by atoms with Gasteiger partial charge < -0.3 is 15.2 Å². The number of rotatable bonds is 7. The zero-order valence-corrected chi connectivity index (χ0v) is 27.0. The molecule has 214 valence electrons. The minimum atomic E-state index is -0.719. The summed E-state index contributed by atoms with van der Waals surface area (Å²) in [4.78, 5) is 26.1. The van der Waals surface area contributed by atoms with Crippen molar-refractivity contribution in [3.8, 4) is 17.6 Å². The van der Waals surface area contributed by atoms with E-state index in [9.17, 15) is 20.2 Å². The molecule has 0 radical (unpaired) electrons. The summed E-state index contributed by atoms with van der Waals surface area (Å²) in [6.07, 6.45) is 1.45. The smallest absolute Gasteiger partial charge is 0.271 e. The number of nitro groups is 1. The molecule has 0 saturated heterocycles. The van der Waals surface area contributed by atoms with Crippen LogP contribution in [0.2, 0.25) is 0 Å². The summed E-state index contributed by atoms with van der Waals surface area (Å²) in [6.45, 7) is 0.142. The van der Waals surface area contributed by atoms with Crippen molar-refractivity contribution in [3.05, 3.63) is 112 Å². The van der Waals surface area contributed by atoms with Gasteiger partial charge in [-0.2, -0.15) is 5.26 Å². The van der Waals surface area contributed by atoms with Gasteiger partial charge in [0.05, 0.1) is 44.2 Å². The molecule has 0 spiro atoms. The molecule has 0 fully saturated rings. The van der Waals surface area contributed by atoms with Gasteiger partial charge in [-0.3, -0.25) is 19.8 Å². The van der Waals surface area contributed by atoms with E-state index in [0.717, 1.165) is 13.4 Å². The quantitative estimate of drug-likeness (QED) is 0.191. The van der Waals surface area contributed by atoms with Crippen LogP contribution in [0.5, 0.6) is 11.5 Å². The molecule has 5 rings (SSSR count). The van der Waals surface area contributed by atoms with Gasteiger partial charge in [0.2, 0.25) is 0 Å². The number of ether oxygens (including phenoxy) is 2. The normalized spacial score (nSPS) is 16.7. The summed E-state index contributed by atoms with van der Waals surface area (Å²) in [5, 5.41) is 21.9. The van der Waals surface area contributed by atoms with Gasteiger partial charge in [0.25, 0.3) is 5.69 Å². The van der Waals surface area contributed by atoms with Crippen LogP contribution >= 0.6 is 47.8 Å². The van der Waals surface area contributed by atoms with E-state index in [2.05, 4.69) is 53.9 Å². The highest BCUT2D eigenvalue weighted by Gasteiger charge is 2.40. The molecule has 1 atom stereocenters. The molecule has 3 aromatic rings. The lowest BCUT2D eigenvalue weighted by Gasteiger charge is -2.39. The average Bonchev–Trinajstić information content (AvgIpc) is 2.96. The number of methoxy groups -OCH3 is 1. The van der Waals surface area contributed by atoms with E-state index < -0.39 is 10.8 Å². The molecular weight excluding hydrogens is 736 g/mol. The number of ketones is 1. The van der Waals surface area contributed by atoms with E-state index in [0.29, 0.717) is 58.8 Å². The number of Topliss-reactive ketones (excluding diaryl/α,β-unsaturated/α-hetero) is 1. The van der Waals surface area contributed by atoms with E-state index in [1.807, 2.05) is 24.3 Å². The Morgan fingerprint density at radius 2 is 1.86 bits per heavy atom. The van der Waals surface area contributed by atoms with Gasteiger partial charge >= 0.3 is 0 Å². The SMILES string of the molecule is COc1ccc([C@@H]2C(C#N)=C(N)N(c3cccc([N+](=O)[O-])c3)C3=C2C(=O)CCC3)cc1COc1c(Br)cc(Br)cc1Br. The second-order valence-electron chi connectivity index (χ2n) is 9.65. The maximum absolute atomic E-state index is 13.5. The van der Waals surface area contributed by atoms with Crippen LogP contribution < -0.4 is 20.1 Å². The highest BCUT2D eigenvalue weighted by molar-refractivity contribution is 9.11. The first-order chi connectivity index (χ1) is 20.1. The number of anilines is 1. The van der Waals surface area contributed by atoms with Crippen molar-refractivity contribution in [2.24, 2.45) is 5.73 Å². The zero-order chi connectivity index (χ0) is 30.1. The summed E-state index contributed by atoms with van der Waals surface area (Å²) < 4.78 is 14.1. The number of carbonyl (C=O) groups excluding carboxylic acids is 1. The molecule has 0 amide bonds. The molecule has 2 N–H and O–H groups in total. The molecule has 0 aromatic heterocycles. The number of allylic oxidation sites excluding steroid dienone is 3. The van der Waals surface area contributed by atoms with Gasteiger partial charge in [-0.15, -0.1) is 0 Å². The largest absolute Gasteiger partial charge is 0.496 e. The van der Waals surface area contributed by atoms with E-state index >= 15 is 0 Å². The van der Waals surface area contributed by atoms with Crippen molar-refractivity contribution < 1.29 is 19.2 Å². The Morgan fingerprint density at radius 3 is 2.52 bits per heavy atom. The number of nitrogens with two attached hydrogens (primary N) is 1. The maximum Gasteiger partial charge on any atom is 0.271 e. The van der Waals surface area contributed by atoms with Crippen molar-refractivity contribution in [1.29, 1.82) is 5.26 Å². The van der Waals surface area contributed by atoms with Crippen molar-refractivity contribution in [3.63, 3.8) is 0 Å². The standard InChI is InChI=1S/C30H23Br3N4O5/c1-41-26-9-8-16(10-17(26)15-42-29-22(32)11-18(31)12-23(29)33)27-21(14-34)30(35)36(24-6-3-7-25(38)28(24)27)19-4-2-5-20(13-19)37(39)40/h2,4-5,8-13,27H,3,6-7,15,35H2,1H3/t27-/m1/s1. The molecule has 9 nitrogen and oxygen atoms in total. The molecule has 1 aliphatic carbocycles. The molecule has 0 unspecified atom stereocenters. The third kappa shape index (κ3) is 5.56. The number of nitro benzene ring substituents is 1. The van der Waals surface area contributed by atoms with E-state index in [1.54, 1.807) is 30.2 Å². The summed E-state index contributed by atoms with van der Waals surface area (Å²) in [5.74, 6) is 0.506. The topological polar surface area (TPSA) is 132 Å². The van der Waals surface area contributed by atoms with E-state index in [4.69, 9.17) is 15.2 Å². The molecule has 3 aromatic carbocycles. The minimum absolute atomic E-state index is 0.0896. The van der Waals surface area contributed by atoms with Gasteiger partial charge in [-0.05, 0) is 80.6 Å². The van der Waals surface area contributed by atoms with Crippen LogP contribution in [-0.2, 0) is 11.4 Å². The van der Waals surface area contributed by atoms with Gasteiger partial charge in [-0.25, -0.2) is 0 Å². The molecule has 0 saturated carbocycles. The summed E-state index contributed by atoms with van der Waals surface area (Å²) in [6, 6.07) is 17.5. The molecule has 2 aliphatic rings. The van der Waals surface area contributed by atoms with Crippen LogP contribution in [0.15, 0.2) is 90.7 Å². The van der Waals surface area contributed by atoms with Gasteiger partial charge in [-0.1, -0.05) is 28.1 Å². The van der Waals surface area contributed by atoms with Gasteiger partial charge in [0.15, 0.2) is 5.78 Å². The third-order valence-corrected chi connectivity index (χ3v) is 8.82. The highest BCUT2D eigenvalue weighted by atomic mass is 79.9. The summed E-state index contributed by atoms with van der Waals surface area (Å²) in [7, 11) is 1.56. The number of hydrogen-bond acceptors (Lipinski definition) is 8. The zero-order valence-electron chi connectivity index (χ0n) is 22.2. The first kappa shape index (κ1) is 29.8. The number of nitrogens with zero attached hydrogens (tertiary/aromatic N) is 3. The van der Waals surface area contributed by atoms with Crippen LogP contribution in [0, 0.1) is 21.4 Å². The van der Waals surface area contributed by atoms with Crippen molar-refractivity contribution in [2.75, 3.05) is 12.0 Å². The molecular formula is C30H23Br3N4O5. The van der Waals surface area contributed by atoms with Crippen molar-refractivity contribution in [2.45, 2.75) is 31.8 Å². The van der Waals surface area contributed by atoms with Crippen molar-refractivity contribution in [1.82, 2.24) is 0 Å². The van der Waals surface area contributed by atoms with Crippen LogP contribution in [0.4, 0.5) is 11.4 Å². The fourth-order valence-electron chi connectivity index (χ4n) is 5.37. The second-order valence-corrected chi connectivity index (χ2v) is 12.3. The number of nitriles is 1. The maximum atomic E-state index is 13.5. The molecule has 0 bridgehead atoms. The Morgan fingerprint density at radius 1 is 1.12 bits per heavy atom. The Bertz CT molecular complexity index is 1710. The number of non-ortho nitro benzene ring substituents is 1. The molecule has 1 aliphatic heterocycles. The summed E-state index contributed by atoms with van der Waals surface area (Å²) in [5.41, 5.74) is 9.64. The number of hydrogen-bond donors (Lipinski definition) is 1. The number of halogens is 3. The van der Waals surface area contributed by atoms with Gasteiger partial charge in [0, 0.05) is 39.9 Å².